The Labute approximate surface area is 195 Å². The molecule has 3 aromatic rings. The van der Waals surface area contributed by atoms with Crippen molar-refractivity contribution in [2.45, 2.75) is 50.4 Å². The Bertz CT molecular complexity index is 1250. The molecule has 3 aromatic carbocycles. The van der Waals surface area contributed by atoms with Gasteiger partial charge in [0.15, 0.2) is 6.29 Å². The Morgan fingerprint density at radius 2 is 1.91 bits per heavy atom. The van der Waals surface area contributed by atoms with Crippen LogP contribution < -0.4 is 4.74 Å². The smallest absolute Gasteiger partial charge is 0.154 e. The number of aryl methyl sites for hydroxylation is 1. The van der Waals surface area contributed by atoms with Crippen LogP contribution in [0.3, 0.4) is 0 Å². The van der Waals surface area contributed by atoms with E-state index in [1.165, 1.54) is 23.1 Å². The van der Waals surface area contributed by atoms with Gasteiger partial charge in [0, 0.05) is 0 Å². The Kier molecular flexibility index (Phi) is 4.65. The normalized spacial score (nSPS) is 27.2. The van der Waals surface area contributed by atoms with E-state index >= 15 is 0 Å². The Hall–Kier alpha value is -3.07. The van der Waals surface area contributed by atoms with Crippen molar-refractivity contribution in [1.82, 2.24) is 0 Å². The lowest BCUT2D eigenvalue weighted by Gasteiger charge is -2.49. The van der Waals surface area contributed by atoms with Crippen LogP contribution in [0, 0.1) is 11.8 Å². The molecule has 0 amide bonds. The largest absolute Gasteiger partial charge is 0.507 e. The summed E-state index contributed by atoms with van der Waals surface area (Å²) >= 11 is 0. The van der Waals surface area contributed by atoms with Crippen LogP contribution in [-0.2, 0) is 18.3 Å². The molecule has 3 aliphatic rings. The number of hydrogen-bond donors (Lipinski definition) is 1. The van der Waals surface area contributed by atoms with E-state index in [1.54, 1.807) is 7.11 Å². The van der Waals surface area contributed by atoms with Crippen molar-refractivity contribution >= 4 is 6.29 Å². The molecule has 168 valence electrons. The molecule has 1 saturated carbocycles. The van der Waals surface area contributed by atoms with E-state index in [0.29, 0.717) is 23.3 Å². The van der Waals surface area contributed by atoms with Gasteiger partial charge in [0.05, 0.1) is 12.7 Å². The third kappa shape index (κ3) is 2.91. The fourth-order valence-corrected chi connectivity index (χ4v) is 7.36. The second-order valence-electron chi connectivity index (χ2n) is 10.3. The first-order valence-corrected chi connectivity index (χ1v) is 12.1. The number of aldehydes is 1. The molecule has 3 nitrogen and oxygen atoms in total. The molecule has 0 aliphatic heterocycles. The predicted octanol–water partition coefficient (Wildman–Crippen LogP) is 6.45. The van der Waals surface area contributed by atoms with Gasteiger partial charge in [-0.3, -0.25) is 4.79 Å². The molecule has 6 rings (SSSR count). The van der Waals surface area contributed by atoms with Crippen molar-refractivity contribution in [3.63, 3.8) is 0 Å². The van der Waals surface area contributed by atoms with Crippen molar-refractivity contribution in [3.8, 4) is 22.6 Å². The summed E-state index contributed by atoms with van der Waals surface area (Å²) in [6.07, 6.45) is 6.21. The lowest BCUT2D eigenvalue weighted by atomic mass is 9.55. The molecular formula is C30H30O3. The number of fused-ring (bicyclic) bond motifs is 7. The highest BCUT2D eigenvalue weighted by molar-refractivity contribution is 5.92. The summed E-state index contributed by atoms with van der Waals surface area (Å²) in [5, 5.41) is 11.3. The van der Waals surface area contributed by atoms with Crippen molar-refractivity contribution < 1.29 is 14.6 Å². The zero-order chi connectivity index (χ0) is 22.7. The van der Waals surface area contributed by atoms with Crippen LogP contribution in [0.5, 0.6) is 11.5 Å². The van der Waals surface area contributed by atoms with E-state index in [9.17, 15) is 9.90 Å². The monoisotopic (exact) mass is 438 g/mol. The van der Waals surface area contributed by atoms with Gasteiger partial charge in [-0.2, -0.15) is 0 Å². The minimum atomic E-state index is 0.0307. The average molecular weight is 439 g/mol. The molecule has 0 aromatic heterocycles. The topological polar surface area (TPSA) is 46.5 Å². The lowest BCUT2D eigenvalue weighted by Crippen LogP contribution is -2.43. The van der Waals surface area contributed by atoms with Crippen molar-refractivity contribution in [2.75, 3.05) is 7.11 Å². The first-order valence-electron chi connectivity index (χ1n) is 12.1. The van der Waals surface area contributed by atoms with E-state index in [2.05, 4.69) is 31.2 Å². The molecule has 0 radical (unpaired) electrons. The second kappa shape index (κ2) is 7.48. The molecule has 3 heteroatoms. The Morgan fingerprint density at radius 3 is 2.67 bits per heavy atom. The number of carbonyl (C=O) groups is 1. The molecule has 4 atom stereocenters. The number of ether oxygens (including phenoxy) is 1. The first-order chi connectivity index (χ1) is 16.0. The minimum Gasteiger partial charge on any atom is -0.507 e. The zero-order valence-corrected chi connectivity index (χ0v) is 19.3. The number of benzene rings is 3. The highest BCUT2D eigenvalue weighted by atomic mass is 16.5. The van der Waals surface area contributed by atoms with Gasteiger partial charge < -0.3 is 9.84 Å². The number of phenolic OH excluding ortho intramolecular Hbond substituents is 1. The van der Waals surface area contributed by atoms with E-state index in [4.69, 9.17) is 4.74 Å². The maximum Gasteiger partial charge on any atom is 0.154 e. The summed E-state index contributed by atoms with van der Waals surface area (Å²) in [6, 6.07) is 18.8. The van der Waals surface area contributed by atoms with Crippen LogP contribution in [0.1, 0.15) is 64.7 Å². The molecule has 0 bridgehead atoms. The number of methoxy groups -OCH3 is 1. The van der Waals surface area contributed by atoms with Gasteiger partial charge in [-0.25, -0.2) is 0 Å². The van der Waals surface area contributed by atoms with E-state index in [-0.39, 0.29) is 11.2 Å². The van der Waals surface area contributed by atoms with Crippen LogP contribution in [0.2, 0.25) is 0 Å². The summed E-state index contributed by atoms with van der Waals surface area (Å²) in [5.74, 6) is 2.79. The van der Waals surface area contributed by atoms with Crippen LogP contribution in [-0.4, -0.2) is 18.5 Å². The second-order valence-corrected chi connectivity index (χ2v) is 10.3. The highest BCUT2D eigenvalue weighted by Crippen LogP contribution is 2.62. The summed E-state index contributed by atoms with van der Waals surface area (Å²) in [6.45, 7) is 2.40. The fourth-order valence-electron chi connectivity index (χ4n) is 7.36. The SMILES string of the molecule is COc1ccc2c(c1)CCC1C2CC[C@]2(C)c3cc(-c4ccccc4)c(C=O)c(O)c3CC12. The molecule has 1 N–H and O–H groups in total. The Morgan fingerprint density at radius 1 is 1.09 bits per heavy atom. The molecule has 3 aliphatic carbocycles. The molecule has 1 fully saturated rings. The van der Waals surface area contributed by atoms with Crippen LogP contribution in [0.25, 0.3) is 11.1 Å². The van der Waals surface area contributed by atoms with E-state index < -0.39 is 0 Å². The number of aromatic hydroxyl groups is 1. The maximum atomic E-state index is 12.1. The van der Waals surface area contributed by atoms with Crippen LogP contribution in [0.15, 0.2) is 54.6 Å². The molecule has 33 heavy (non-hydrogen) atoms. The third-order valence-electron chi connectivity index (χ3n) is 9.01. The quantitative estimate of drug-likeness (QED) is 0.478. The van der Waals surface area contributed by atoms with Gasteiger partial charge >= 0.3 is 0 Å². The van der Waals surface area contributed by atoms with Gasteiger partial charge in [0.25, 0.3) is 0 Å². The van der Waals surface area contributed by atoms with Gasteiger partial charge in [0.1, 0.15) is 11.5 Å². The van der Waals surface area contributed by atoms with Crippen LogP contribution >= 0.6 is 0 Å². The van der Waals surface area contributed by atoms with Crippen LogP contribution in [0.4, 0.5) is 0 Å². The van der Waals surface area contributed by atoms with Gasteiger partial charge in [-0.05, 0) is 107 Å². The van der Waals surface area contributed by atoms with Gasteiger partial charge in [-0.1, -0.05) is 43.3 Å². The van der Waals surface area contributed by atoms with E-state index in [1.807, 2.05) is 30.3 Å². The lowest BCUT2D eigenvalue weighted by molar-refractivity contribution is 0.106. The molecule has 0 saturated heterocycles. The predicted molar refractivity (Wildman–Crippen MR) is 130 cm³/mol. The number of hydrogen-bond acceptors (Lipinski definition) is 3. The summed E-state index contributed by atoms with van der Waals surface area (Å²) in [4.78, 5) is 12.1. The highest BCUT2D eigenvalue weighted by Gasteiger charge is 2.53. The number of rotatable bonds is 3. The summed E-state index contributed by atoms with van der Waals surface area (Å²) < 4.78 is 5.47. The van der Waals surface area contributed by atoms with E-state index in [0.717, 1.165) is 54.4 Å². The molecule has 0 spiro atoms. The number of phenols is 1. The maximum absolute atomic E-state index is 12.1. The van der Waals surface area contributed by atoms with Crippen molar-refractivity contribution in [1.29, 1.82) is 0 Å². The van der Waals surface area contributed by atoms with Gasteiger partial charge in [-0.15, -0.1) is 0 Å². The summed E-state index contributed by atoms with van der Waals surface area (Å²) in [7, 11) is 1.74. The number of carbonyl (C=O) groups excluding carboxylic acids is 1. The fraction of sp³-hybridized carbons (Fsp3) is 0.367. The average Bonchev–Trinajstić information content (AvgIpc) is 3.16. The zero-order valence-electron chi connectivity index (χ0n) is 19.3. The molecular weight excluding hydrogens is 408 g/mol. The van der Waals surface area contributed by atoms with Gasteiger partial charge in [0.2, 0.25) is 0 Å². The van der Waals surface area contributed by atoms with Crippen molar-refractivity contribution in [2.24, 2.45) is 11.8 Å². The minimum absolute atomic E-state index is 0.0307. The molecule has 3 unspecified atom stereocenters. The Balaban J connectivity index is 1.44. The standard InChI is InChI=1S/C30H30O3/c1-30-13-12-22-21-11-9-20(33-2)14-19(21)8-10-23(22)27(30)16-25-28(30)15-24(26(17-31)29(25)32)18-6-4-3-5-7-18/h3-7,9,11,14-15,17,22-23,27,32H,8,10,12-13,16H2,1-2H3/t22?,23?,27?,30-/m0/s1. The van der Waals surface area contributed by atoms with Crippen molar-refractivity contribution in [3.05, 3.63) is 82.4 Å². The molecule has 0 heterocycles. The summed E-state index contributed by atoms with van der Waals surface area (Å²) in [5.41, 5.74) is 7.49. The first kappa shape index (κ1) is 20.5. The third-order valence-corrected chi connectivity index (χ3v) is 9.01.